The van der Waals surface area contributed by atoms with Gasteiger partial charge in [-0.15, -0.1) is 0 Å². The molecule has 0 heterocycles. The van der Waals surface area contributed by atoms with Crippen molar-refractivity contribution in [2.45, 2.75) is 45.1 Å². The zero-order chi connectivity index (χ0) is 13.0. The van der Waals surface area contributed by atoms with Crippen molar-refractivity contribution in [1.82, 2.24) is 5.43 Å². The molecule has 0 spiro atoms. The molecule has 1 aliphatic rings. The number of benzene rings is 1. The summed E-state index contributed by atoms with van der Waals surface area (Å²) in [4.78, 5) is 0. The van der Waals surface area contributed by atoms with Gasteiger partial charge in [0, 0.05) is 11.1 Å². The van der Waals surface area contributed by atoms with E-state index in [9.17, 15) is 0 Å². The van der Waals surface area contributed by atoms with Crippen LogP contribution in [0.15, 0.2) is 24.3 Å². The molecule has 1 saturated carbocycles. The molecule has 3 heteroatoms. The van der Waals surface area contributed by atoms with Crippen molar-refractivity contribution in [2.24, 2.45) is 17.7 Å². The molecule has 18 heavy (non-hydrogen) atoms. The van der Waals surface area contributed by atoms with Crippen molar-refractivity contribution >= 4 is 11.6 Å². The van der Waals surface area contributed by atoms with Crippen LogP contribution in [0.3, 0.4) is 0 Å². The first-order chi connectivity index (χ1) is 8.69. The predicted molar refractivity (Wildman–Crippen MR) is 77.4 cm³/mol. The molecule has 0 amide bonds. The van der Waals surface area contributed by atoms with Crippen LogP contribution >= 0.6 is 11.6 Å². The highest BCUT2D eigenvalue weighted by Crippen LogP contribution is 2.31. The topological polar surface area (TPSA) is 38.0 Å². The first-order valence-corrected chi connectivity index (χ1v) is 7.27. The van der Waals surface area contributed by atoms with E-state index in [0.717, 1.165) is 17.4 Å². The van der Waals surface area contributed by atoms with E-state index < -0.39 is 0 Å². The maximum absolute atomic E-state index is 5.91. The van der Waals surface area contributed by atoms with Gasteiger partial charge in [-0.2, -0.15) is 0 Å². The average Bonchev–Trinajstić information content (AvgIpc) is 2.39. The van der Waals surface area contributed by atoms with Gasteiger partial charge in [0.1, 0.15) is 0 Å². The van der Waals surface area contributed by atoms with Crippen LogP contribution in [-0.2, 0) is 6.42 Å². The Morgan fingerprint density at radius 3 is 2.39 bits per heavy atom. The van der Waals surface area contributed by atoms with Crippen LogP contribution in [0.1, 0.15) is 38.2 Å². The van der Waals surface area contributed by atoms with Gasteiger partial charge in [0.15, 0.2) is 0 Å². The van der Waals surface area contributed by atoms with Gasteiger partial charge in [0.2, 0.25) is 0 Å². The molecule has 2 nitrogen and oxygen atoms in total. The quantitative estimate of drug-likeness (QED) is 0.646. The SMILES string of the molecule is CC1CCC(C(Cc2ccc(Cl)cc2)NN)CC1. The Hall–Kier alpha value is -0.570. The van der Waals surface area contributed by atoms with Gasteiger partial charge >= 0.3 is 0 Å². The van der Waals surface area contributed by atoms with Crippen LogP contribution in [0, 0.1) is 11.8 Å². The number of hydrogen-bond donors (Lipinski definition) is 2. The Morgan fingerprint density at radius 2 is 1.83 bits per heavy atom. The molecule has 0 radical (unpaired) electrons. The van der Waals surface area contributed by atoms with Gasteiger partial charge in [-0.05, 0) is 48.8 Å². The van der Waals surface area contributed by atoms with Gasteiger partial charge in [0.05, 0.1) is 0 Å². The van der Waals surface area contributed by atoms with Crippen LogP contribution < -0.4 is 11.3 Å². The Labute approximate surface area is 115 Å². The second kappa shape index (κ2) is 6.55. The van der Waals surface area contributed by atoms with E-state index in [4.69, 9.17) is 17.4 Å². The van der Waals surface area contributed by atoms with Crippen molar-refractivity contribution in [2.75, 3.05) is 0 Å². The Balaban J connectivity index is 1.94. The molecule has 100 valence electrons. The minimum atomic E-state index is 0.388. The molecule has 1 fully saturated rings. The molecule has 2 rings (SSSR count). The lowest BCUT2D eigenvalue weighted by atomic mass is 9.78. The molecule has 0 aromatic heterocycles. The van der Waals surface area contributed by atoms with Crippen LogP contribution in [0.2, 0.25) is 5.02 Å². The van der Waals surface area contributed by atoms with Crippen molar-refractivity contribution in [3.63, 3.8) is 0 Å². The molecular formula is C15H23ClN2. The molecule has 1 aromatic rings. The summed E-state index contributed by atoms with van der Waals surface area (Å²) in [5.41, 5.74) is 4.32. The van der Waals surface area contributed by atoms with Gasteiger partial charge < -0.3 is 0 Å². The third kappa shape index (κ3) is 3.71. The molecule has 0 aliphatic heterocycles. The number of hydrogen-bond acceptors (Lipinski definition) is 2. The summed E-state index contributed by atoms with van der Waals surface area (Å²) >= 11 is 5.91. The highest BCUT2D eigenvalue weighted by atomic mass is 35.5. The minimum absolute atomic E-state index is 0.388. The fourth-order valence-electron chi connectivity index (χ4n) is 2.92. The molecule has 1 aliphatic carbocycles. The lowest BCUT2D eigenvalue weighted by Gasteiger charge is -2.32. The van der Waals surface area contributed by atoms with E-state index in [1.807, 2.05) is 12.1 Å². The summed E-state index contributed by atoms with van der Waals surface area (Å²) in [5.74, 6) is 7.33. The maximum atomic E-state index is 5.91. The van der Waals surface area contributed by atoms with Crippen molar-refractivity contribution in [3.05, 3.63) is 34.9 Å². The van der Waals surface area contributed by atoms with E-state index in [-0.39, 0.29) is 0 Å². The lowest BCUT2D eigenvalue weighted by Crippen LogP contribution is -2.43. The standard InChI is InChI=1S/C15H23ClN2/c1-11-2-6-13(7-3-11)15(18-17)10-12-4-8-14(16)9-5-12/h4-5,8-9,11,13,15,18H,2-3,6-7,10,17H2,1H3. The first-order valence-electron chi connectivity index (χ1n) is 6.89. The Bertz CT molecular complexity index is 355. The third-order valence-electron chi connectivity index (χ3n) is 4.21. The first kappa shape index (κ1) is 13.9. The number of nitrogens with two attached hydrogens (primary N) is 1. The summed E-state index contributed by atoms with van der Waals surface area (Å²) in [6, 6.07) is 8.48. The predicted octanol–water partition coefficient (Wildman–Crippen LogP) is 3.54. The lowest BCUT2D eigenvalue weighted by molar-refractivity contribution is 0.229. The summed E-state index contributed by atoms with van der Waals surface area (Å²) in [6.45, 7) is 2.35. The fourth-order valence-corrected chi connectivity index (χ4v) is 3.05. The summed E-state index contributed by atoms with van der Waals surface area (Å²) < 4.78 is 0. The molecule has 1 aromatic carbocycles. The maximum Gasteiger partial charge on any atom is 0.0406 e. The zero-order valence-corrected chi connectivity index (χ0v) is 11.8. The van der Waals surface area contributed by atoms with Gasteiger partial charge in [0.25, 0.3) is 0 Å². The van der Waals surface area contributed by atoms with Crippen LogP contribution in [0.4, 0.5) is 0 Å². The Kier molecular flexibility index (Phi) is 5.04. The molecule has 0 bridgehead atoms. The minimum Gasteiger partial charge on any atom is -0.271 e. The zero-order valence-electron chi connectivity index (χ0n) is 11.0. The van der Waals surface area contributed by atoms with E-state index in [1.165, 1.54) is 31.2 Å². The molecule has 3 N–H and O–H groups in total. The largest absolute Gasteiger partial charge is 0.271 e. The van der Waals surface area contributed by atoms with E-state index >= 15 is 0 Å². The second-order valence-corrected chi connectivity index (χ2v) is 6.06. The monoisotopic (exact) mass is 266 g/mol. The number of rotatable bonds is 4. The highest BCUT2D eigenvalue weighted by Gasteiger charge is 2.25. The van der Waals surface area contributed by atoms with E-state index in [1.54, 1.807) is 0 Å². The van der Waals surface area contributed by atoms with Gasteiger partial charge in [-0.1, -0.05) is 43.5 Å². The van der Waals surface area contributed by atoms with Gasteiger partial charge in [-0.3, -0.25) is 11.3 Å². The molecule has 0 saturated heterocycles. The van der Waals surface area contributed by atoms with E-state index in [2.05, 4.69) is 24.5 Å². The molecule has 1 unspecified atom stereocenters. The number of halogens is 1. The van der Waals surface area contributed by atoms with Crippen LogP contribution in [0.25, 0.3) is 0 Å². The molecular weight excluding hydrogens is 244 g/mol. The summed E-state index contributed by atoms with van der Waals surface area (Å²) in [5, 5.41) is 0.794. The smallest absolute Gasteiger partial charge is 0.0406 e. The van der Waals surface area contributed by atoms with Crippen molar-refractivity contribution in [1.29, 1.82) is 0 Å². The molecule has 1 atom stereocenters. The average molecular weight is 267 g/mol. The second-order valence-electron chi connectivity index (χ2n) is 5.62. The summed E-state index contributed by atoms with van der Waals surface area (Å²) in [6.07, 6.45) is 6.26. The van der Waals surface area contributed by atoms with Gasteiger partial charge in [-0.25, -0.2) is 0 Å². The van der Waals surface area contributed by atoms with E-state index in [0.29, 0.717) is 12.0 Å². The Morgan fingerprint density at radius 1 is 1.22 bits per heavy atom. The fraction of sp³-hybridized carbons (Fsp3) is 0.600. The van der Waals surface area contributed by atoms with Crippen molar-refractivity contribution < 1.29 is 0 Å². The normalized spacial score (nSPS) is 25.9. The third-order valence-corrected chi connectivity index (χ3v) is 4.46. The number of nitrogens with one attached hydrogen (secondary N) is 1. The van der Waals surface area contributed by atoms with Crippen molar-refractivity contribution in [3.8, 4) is 0 Å². The number of hydrazine groups is 1. The van der Waals surface area contributed by atoms with Crippen LogP contribution in [-0.4, -0.2) is 6.04 Å². The highest BCUT2D eigenvalue weighted by molar-refractivity contribution is 6.30. The summed E-state index contributed by atoms with van der Waals surface area (Å²) in [7, 11) is 0. The van der Waals surface area contributed by atoms with Crippen LogP contribution in [0.5, 0.6) is 0 Å².